The predicted molar refractivity (Wildman–Crippen MR) is 120 cm³/mol. The predicted octanol–water partition coefficient (Wildman–Crippen LogP) is 3.91. The molecule has 6 nitrogen and oxygen atoms in total. The van der Waals surface area contributed by atoms with Crippen LogP contribution in [-0.2, 0) is 9.53 Å². The second-order valence-corrected chi connectivity index (χ2v) is 8.08. The first-order valence-electron chi connectivity index (χ1n) is 10.2. The Morgan fingerprint density at radius 1 is 1.16 bits per heavy atom. The van der Waals surface area contributed by atoms with Crippen molar-refractivity contribution in [1.82, 2.24) is 4.90 Å². The van der Waals surface area contributed by atoms with Gasteiger partial charge in [0.05, 0.1) is 11.5 Å². The van der Waals surface area contributed by atoms with E-state index in [0.717, 1.165) is 5.69 Å². The van der Waals surface area contributed by atoms with Gasteiger partial charge in [0.2, 0.25) is 5.88 Å². The molecule has 1 amide bonds. The minimum Gasteiger partial charge on any atom is -0.445 e. The van der Waals surface area contributed by atoms with Gasteiger partial charge in [-0.1, -0.05) is 29.8 Å². The van der Waals surface area contributed by atoms with E-state index in [9.17, 15) is 14.4 Å². The molecule has 0 spiro atoms. The summed E-state index contributed by atoms with van der Waals surface area (Å²) in [5.41, 5.74) is 8.05. The first-order chi connectivity index (χ1) is 15.4. The maximum atomic E-state index is 13.6. The lowest BCUT2D eigenvalue weighted by Crippen LogP contribution is -2.50. The van der Waals surface area contributed by atoms with Crippen LogP contribution in [0.2, 0.25) is 5.02 Å². The normalized spacial score (nSPS) is 19.0. The van der Waals surface area contributed by atoms with E-state index in [-0.39, 0.29) is 23.2 Å². The maximum Gasteiger partial charge on any atom is 0.254 e. The van der Waals surface area contributed by atoms with E-state index >= 15 is 0 Å². The zero-order valence-electron chi connectivity index (χ0n) is 17.5. The van der Waals surface area contributed by atoms with Crippen LogP contribution in [0.3, 0.4) is 0 Å². The van der Waals surface area contributed by atoms with Crippen LogP contribution in [0.4, 0.5) is 10.1 Å². The lowest BCUT2D eigenvalue weighted by atomic mass is 9.82. The van der Waals surface area contributed by atoms with Crippen molar-refractivity contribution in [2.24, 2.45) is 5.73 Å². The summed E-state index contributed by atoms with van der Waals surface area (Å²) >= 11 is 6.43. The van der Waals surface area contributed by atoms with Crippen molar-refractivity contribution in [2.45, 2.75) is 12.8 Å². The number of rotatable bonds is 3. The molecule has 8 heteroatoms. The van der Waals surface area contributed by atoms with Crippen LogP contribution in [0.25, 0.3) is 0 Å². The first-order valence-corrected chi connectivity index (χ1v) is 10.6. The second kappa shape index (κ2) is 8.93. The fraction of sp³-hybridized carbons (Fsp3) is 0.250. The van der Waals surface area contributed by atoms with Crippen molar-refractivity contribution in [3.05, 3.63) is 87.7 Å². The van der Waals surface area contributed by atoms with Gasteiger partial charge in [-0.15, -0.1) is 0 Å². The van der Waals surface area contributed by atoms with Gasteiger partial charge in [0.15, 0.2) is 0 Å². The highest BCUT2D eigenvalue weighted by molar-refractivity contribution is 6.31. The number of allylic oxidation sites excluding steroid dienone is 2. The van der Waals surface area contributed by atoms with Crippen molar-refractivity contribution < 1.29 is 13.9 Å². The van der Waals surface area contributed by atoms with E-state index in [0.29, 0.717) is 48.1 Å². The van der Waals surface area contributed by atoms with Crippen LogP contribution in [-0.4, -0.2) is 37.0 Å². The van der Waals surface area contributed by atoms with Gasteiger partial charge in [0.25, 0.3) is 5.91 Å². The van der Waals surface area contributed by atoms with E-state index in [1.807, 2.05) is 0 Å². The Labute approximate surface area is 190 Å². The highest BCUT2D eigenvalue weighted by Gasteiger charge is 2.38. The maximum absolute atomic E-state index is 13.6. The summed E-state index contributed by atoms with van der Waals surface area (Å²) in [4.78, 5) is 17.5. The van der Waals surface area contributed by atoms with Crippen LogP contribution in [0.15, 0.2) is 71.3 Å². The lowest BCUT2D eigenvalue weighted by molar-refractivity contribution is -0.128. The van der Waals surface area contributed by atoms with Crippen LogP contribution in [0.1, 0.15) is 18.4 Å². The molecule has 1 saturated heterocycles. The molecule has 2 N–H and O–H groups in total. The highest BCUT2D eigenvalue weighted by Crippen LogP contribution is 2.42. The Balaban J connectivity index is 1.60. The summed E-state index contributed by atoms with van der Waals surface area (Å²) in [7, 11) is 0. The number of anilines is 1. The number of carbonyl (C=O) groups is 1. The Morgan fingerprint density at radius 3 is 2.44 bits per heavy atom. The Hall–Kier alpha value is -3.50. The number of nitriles is 1. The highest BCUT2D eigenvalue weighted by atomic mass is 35.5. The van der Waals surface area contributed by atoms with Gasteiger partial charge in [-0.05, 0) is 42.8 Å². The summed E-state index contributed by atoms with van der Waals surface area (Å²) in [6.07, 6.45) is 0. The zero-order chi connectivity index (χ0) is 22.8. The third kappa shape index (κ3) is 4.02. The van der Waals surface area contributed by atoms with E-state index in [1.54, 1.807) is 48.2 Å². The quantitative estimate of drug-likeness (QED) is 0.763. The molecular formula is C24H22ClFN4O2. The molecule has 0 aliphatic carbocycles. The van der Waals surface area contributed by atoms with E-state index in [1.165, 1.54) is 12.1 Å². The standard InChI is InChI=1S/C24H22ClFN4O2/c1-15-21(22(19(14-27)23(28)32-15)18-4-2-3-5-20(18)25)24(31)30-12-10-29(11-13-30)17-8-6-16(26)7-9-17/h2-9,22H,10-13,28H2,1H3/t22-/m1/s1. The zero-order valence-corrected chi connectivity index (χ0v) is 18.3. The minimum atomic E-state index is -0.704. The third-order valence-electron chi connectivity index (χ3n) is 5.81. The van der Waals surface area contributed by atoms with Gasteiger partial charge >= 0.3 is 0 Å². The SMILES string of the molecule is CC1=C(C(=O)N2CCN(c3ccc(F)cc3)CC2)[C@H](c2ccccc2Cl)C(C#N)=C(N)O1. The van der Waals surface area contributed by atoms with Gasteiger partial charge in [-0.25, -0.2) is 4.39 Å². The summed E-state index contributed by atoms with van der Waals surface area (Å²) in [5.74, 6) is -0.866. The molecule has 1 fully saturated rings. The summed E-state index contributed by atoms with van der Waals surface area (Å²) < 4.78 is 18.8. The number of amides is 1. The molecule has 2 aliphatic rings. The smallest absolute Gasteiger partial charge is 0.254 e. The molecule has 2 aliphatic heterocycles. The lowest BCUT2D eigenvalue weighted by Gasteiger charge is -2.38. The number of ether oxygens (including phenoxy) is 1. The Bertz CT molecular complexity index is 1150. The molecule has 0 bridgehead atoms. The second-order valence-electron chi connectivity index (χ2n) is 7.67. The van der Waals surface area contributed by atoms with Gasteiger partial charge in [-0.2, -0.15) is 5.26 Å². The largest absolute Gasteiger partial charge is 0.445 e. The minimum absolute atomic E-state index is 0.0207. The molecule has 0 radical (unpaired) electrons. The van der Waals surface area contributed by atoms with Gasteiger partial charge < -0.3 is 20.3 Å². The number of nitrogens with zero attached hydrogens (tertiary/aromatic N) is 3. The number of piperazine rings is 1. The molecule has 4 rings (SSSR count). The monoisotopic (exact) mass is 452 g/mol. The van der Waals surface area contributed by atoms with Crippen molar-refractivity contribution in [3.63, 3.8) is 0 Å². The molecule has 0 unspecified atom stereocenters. The number of carbonyl (C=O) groups excluding carboxylic acids is 1. The average Bonchev–Trinajstić information content (AvgIpc) is 2.79. The Morgan fingerprint density at radius 2 is 1.81 bits per heavy atom. The molecule has 164 valence electrons. The molecule has 1 atom stereocenters. The van der Waals surface area contributed by atoms with Gasteiger partial charge in [-0.3, -0.25) is 4.79 Å². The molecule has 2 aromatic rings. The topological polar surface area (TPSA) is 82.6 Å². The summed E-state index contributed by atoms with van der Waals surface area (Å²) in [6, 6.07) is 15.5. The van der Waals surface area contributed by atoms with Crippen molar-refractivity contribution in [2.75, 3.05) is 31.1 Å². The number of hydrogen-bond acceptors (Lipinski definition) is 5. The number of halogens is 2. The van der Waals surface area contributed by atoms with Crippen LogP contribution >= 0.6 is 11.6 Å². The molecular weight excluding hydrogens is 431 g/mol. The van der Waals surface area contributed by atoms with Gasteiger partial charge in [0, 0.05) is 36.9 Å². The van der Waals surface area contributed by atoms with Crippen molar-refractivity contribution in [3.8, 4) is 6.07 Å². The van der Waals surface area contributed by atoms with Crippen molar-refractivity contribution >= 4 is 23.2 Å². The number of hydrogen-bond donors (Lipinski definition) is 1. The third-order valence-corrected chi connectivity index (χ3v) is 6.16. The first kappa shape index (κ1) is 21.7. The van der Waals surface area contributed by atoms with Gasteiger partial charge in [0.1, 0.15) is 23.2 Å². The van der Waals surface area contributed by atoms with Crippen molar-refractivity contribution in [1.29, 1.82) is 5.26 Å². The fourth-order valence-electron chi connectivity index (χ4n) is 4.17. The number of nitrogens with two attached hydrogens (primary N) is 1. The Kier molecular flexibility index (Phi) is 6.06. The number of benzene rings is 2. The van der Waals surface area contributed by atoms with E-state index < -0.39 is 5.92 Å². The average molecular weight is 453 g/mol. The molecule has 2 aromatic carbocycles. The molecule has 0 saturated carbocycles. The summed E-state index contributed by atoms with van der Waals surface area (Å²) in [6.45, 7) is 3.83. The fourth-order valence-corrected chi connectivity index (χ4v) is 4.41. The van der Waals surface area contributed by atoms with E-state index in [2.05, 4.69) is 11.0 Å². The summed E-state index contributed by atoms with van der Waals surface area (Å²) in [5, 5.41) is 10.2. The van der Waals surface area contributed by atoms with Crippen LogP contribution < -0.4 is 10.6 Å². The molecule has 0 aromatic heterocycles. The van der Waals surface area contributed by atoms with E-state index in [4.69, 9.17) is 22.1 Å². The van der Waals surface area contributed by atoms with Crippen LogP contribution in [0.5, 0.6) is 0 Å². The molecule has 2 heterocycles. The molecule has 32 heavy (non-hydrogen) atoms. The van der Waals surface area contributed by atoms with Crippen LogP contribution in [0, 0.1) is 17.1 Å².